The highest BCUT2D eigenvalue weighted by Crippen LogP contribution is 2.11. The number of esters is 2. The Bertz CT molecular complexity index is 180. The van der Waals surface area contributed by atoms with E-state index in [2.05, 4.69) is 24.3 Å². The molecule has 0 radical (unpaired) electrons. The summed E-state index contributed by atoms with van der Waals surface area (Å²) in [6.07, 6.45) is 2.05. The van der Waals surface area contributed by atoms with Crippen molar-refractivity contribution in [2.24, 2.45) is 5.92 Å². The van der Waals surface area contributed by atoms with Crippen molar-refractivity contribution >= 4 is 24.6 Å². The minimum Gasteiger partial charge on any atom is -0.393 e. The van der Waals surface area contributed by atoms with Crippen LogP contribution in [0.15, 0.2) is 0 Å². The minimum atomic E-state index is -0.535. The van der Waals surface area contributed by atoms with Gasteiger partial charge in [-0.15, -0.1) is 0 Å². The minimum absolute atomic E-state index is 0.314. The van der Waals surface area contributed by atoms with Crippen LogP contribution in [0.25, 0.3) is 0 Å². The molecule has 0 saturated heterocycles. The van der Waals surface area contributed by atoms with E-state index in [4.69, 9.17) is 0 Å². The second-order valence-corrected chi connectivity index (χ2v) is 3.57. The van der Waals surface area contributed by atoms with Gasteiger partial charge in [0, 0.05) is 13.3 Å². The van der Waals surface area contributed by atoms with E-state index >= 15 is 0 Å². The molecule has 0 saturated carbocycles. The second kappa shape index (κ2) is 6.95. The summed E-state index contributed by atoms with van der Waals surface area (Å²) in [5.74, 6) is 0.311. The highest BCUT2D eigenvalue weighted by molar-refractivity contribution is 7.80. The van der Waals surface area contributed by atoms with Gasteiger partial charge < -0.3 is 4.74 Å². The first-order chi connectivity index (χ1) is 6.06. The largest absolute Gasteiger partial charge is 0.393 e. The summed E-state index contributed by atoms with van der Waals surface area (Å²) in [4.78, 5) is 21.3. The Hall–Kier alpha value is -0.510. The lowest BCUT2D eigenvalue weighted by molar-refractivity contribution is -0.158. The molecule has 0 aromatic heterocycles. The number of hydrogen-bond acceptors (Lipinski definition) is 4. The number of carbonyl (C=O) groups is 2. The van der Waals surface area contributed by atoms with Gasteiger partial charge in [0.1, 0.15) is 0 Å². The van der Waals surface area contributed by atoms with Crippen LogP contribution in [0.2, 0.25) is 0 Å². The van der Waals surface area contributed by atoms with Gasteiger partial charge in [-0.3, -0.25) is 9.59 Å². The van der Waals surface area contributed by atoms with Gasteiger partial charge in [-0.05, 0) is 24.5 Å². The first kappa shape index (κ1) is 12.5. The van der Waals surface area contributed by atoms with Gasteiger partial charge in [-0.25, -0.2) is 0 Å². The van der Waals surface area contributed by atoms with Crippen LogP contribution in [0.5, 0.6) is 0 Å². The van der Waals surface area contributed by atoms with Crippen molar-refractivity contribution in [2.45, 2.75) is 33.1 Å². The number of ether oxygens (including phenoxy) is 1. The van der Waals surface area contributed by atoms with Crippen molar-refractivity contribution in [2.75, 3.05) is 5.75 Å². The molecule has 0 bridgehead atoms. The van der Waals surface area contributed by atoms with E-state index in [-0.39, 0.29) is 0 Å². The Balaban J connectivity index is 3.51. The molecule has 4 heteroatoms. The average molecular weight is 204 g/mol. The van der Waals surface area contributed by atoms with Crippen molar-refractivity contribution < 1.29 is 14.3 Å². The summed E-state index contributed by atoms with van der Waals surface area (Å²) in [6, 6.07) is 0. The fourth-order valence-electron chi connectivity index (χ4n) is 0.940. The van der Waals surface area contributed by atoms with Gasteiger partial charge in [0.25, 0.3) is 0 Å². The van der Waals surface area contributed by atoms with E-state index in [0.29, 0.717) is 12.3 Å². The molecule has 0 unspecified atom stereocenters. The summed E-state index contributed by atoms with van der Waals surface area (Å²) >= 11 is 4.09. The monoisotopic (exact) mass is 204 g/mol. The Morgan fingerprint density at radius 1 is 1.38 bits per heavy atom. The van der Waals surface area contributed by atoms with Crippen LogP contribution < -0.4 is 0 Å². The van der Waals surface area contributed by atoms with E-state index in [9.17, 15) is 9.59 Å². The van der Waals surface area contributed by atoms with Crippen LogP contribution >= 0.6 is 12.6 Å². The van der Waals surface area contributed by atoms with E-state index in [1.165, 1.54) is 6.92 Å². The molecule has 0 aliphatic rings. The number of rotatable bonds is 5. The SMILES string of the molecule is CC(=O)OC(=O)CC[C@H](C)CCS. The third kappa shape index (κ3) is 7.84. The maximum Gasteiger partial charge on any atom is 0.313 e. The molecule has 0 amide bonds. The van der Waals surface area contributed by atoms with Crippen molar-refractivity contribution in [3.8, 4) is 0 Å². The maximum atomic E-state index is 10.9. The summed E-state index contributed by atoms with van der Waals surface area (Å²) in [5, 5.41) is 0. The molecular weight excluding hydrogens is 188 g/mol. The summed E-state index contributed by atoms with van der Waals surface area (Å²) < 4.78 is 4.38. The molecule has 0 rings (SSSR count). The topological polar surface area (TPSA) is 43.4 Å². The van der Waals surface area contributed by atoms with Crippen molar-refractivity contribution in [3.63, 3.8) is 0 Å². The summed E-state index contributed by atoms with van der Waals surface area (Å²) in [5.41, 5.74) is 0. The molecule has 0 aliphatic carbocycles. The van der Waals surface area contributed by atoms with Crippen LogP contribution in [-0.4, -0.2) is 17.7 Å². The highest BCUT2D eigenvalue weighted by Gasteiger charge is 2.08. The predicted molar refractivity (Wildman–Crippen MR) is 53.6 cm³/mol. The Kier molecular flexibility index (Phi) is 6.68. The normalized spacial score (nSPS) is 12.2. The number of hydrogen-bond donors (Lipinski definition) is 1. The van der Waals surface area contributed by atoms with Gasteiger partial charge in [0.2, 0.25) is 0 Å². The average Bonchev–Trinajstić information content (AvgIpc) is 2.00. The van der Waals surface area contributed by atoms with Gasteiger partial charge >= 0.3 is 11.9 Å². The van der Waals surface area contributed by atoms with Crippen LogP contribution in [0.1, 0.15) is 33.1 Å². The zero-order valence-electron chi connectivity index (χ0n) is 8.08. The van der Waals surface area contributed by atoms with Crippen LogP contribution in [0.3, 0.4) is 0 Å². The molecule has 0 heterocycles. The molecule has 0 aromatic carbocycles. The Morgan fingerprint density at radius 3 is 2.46 bits per heavy atom. The molecule has 1 atom stereocenters. The zero-order valence-corrected chi connectivity index (χ0v) is 8.97. The quantitative estimate of drug-likeness (QED) is 0.422. The van der Waals surface area contributed by atoms with Gasteiger partial charge in [0.15, 0.2) is 0 Å². The van der Waals surface area contributed by atoms with Crippen molar-refractivity contribution in [3.05, 3.63) is 0 Å². The van der Waals surface area contributed by atoms with E-state index < -0.39 is 11.9 Å². The lowest BCUT2D eigenvalue weighted by Gasteiger charge is -2.07. The van der Waals surface area contributed by atoms with E-state index in [1.54, 1.807) is 0 Å². The highest BCUT2D eigenvalue weighted by atomic mass is 32.1. The molecule has 0 fully saturated rings. The number of carbonyl (C=O) groups excluding carboxylic acids is 2. The molecule has 3 nitrogen and oxygen atoms in total. The first-order valence-electron chi connectivity index (χ1n) is 4.38. The van der Waals surface area contributed by atoms with E-state index in [1.807, 2.05) is 0 Å². The predicted octanol–water partition coefficient (Wildman–Crippen LogP) is 1.81. The van der Waals surface area contributed by atoms with Crippen molar-refractivity contribution in [1.82, 2.24) is 0 Å². The molecule has 0 N–H and O–H groups in total. The van der Waals surface area contributed by atoms with Gasteiger partial charge in [-0.1, -0.05) is 6.92 Å². The second-order valence-electron chi connectivity index (χ2n) is 3.12. The van der Waals surface area contributed by atoms with E-state index in [0.717, 1.165) is 18.6 Å². The molecular formula is C9H16O3S. The number of thiol groups is 1. The molecule has 0 aliphatic heterocycles. The fraction of sp³-hybridized carbons (Fsp3) is 0.778. The van der Waals surface area contributed by atoms with Gasteiger partial charge in [-0.2, -0.15) is 12.6 Å². The van der Waals surface area contributed by atoms with Gasteiger partial charge in [0.05, 0.1) is 0 Å². The molecule has 0 spiro atoms. The molecule has 76 valence electrons. The zero-order chi connectivity index (χ0) is 10.3. The molecule has 13 heavy (non-hydrogen) atoms. The van der Waals surface area contributed by atoms with Crippen LogP contribution in [0.4, 0.5) is 0 Å². The lowest BCUT2D eigenvalue weighted by Crippen LogP contribution is -2.10. The van der Waals surface area contributed by atoms with Crippen LogP contribution in [-0.2, 0) is 14.3 Å². The lowest BCUT2D eigenvalue weighted by atomic mass is 10.0. The van der Waals surface area contributed by atoms with Crippen molar-refractivity contribution in [1.29, 1.82) is 0 Å². The fourth-order valence-corrected chi connectivity index (χ4v) is 1.38. The molecule has 0 aromatic rings. The standard InChI is InChI=1S/C9H16O3S/c1-7(5-6-13)3-4-9(11)12-8(2)10/h7,13H,3-6H2,1-2H3/t7-/m0/s1. The third-order valence-electron chi connectivity index (χ3n) is 1.72. The summed E-state index contributed by atoms with van der Waals surface area (Å²) in [6.45, 7) is 3.28. The first-order valence-corrected chi connectivity index (χ1v) is 5.01. The maximum absolute atomic E-state index is 10.9. The smallest absolute Gasteiger partial charge is 0.313 e. The Morgan fingerprint density at radius 2 is 2.00 bits per heavy atom. The van der Waals surface area contributed by atoms with Crippen LogP contribution in [0, 0.1) is 5.92 Å². The third-order valence-corrected chi connectivity index (χ3v) is 1.98. The summed E-state index contributed by atoms with van der Waals surface area (Å²) in [7, 11) is 0. The Labute approximate surface area is 84.3 Å².